The Morgan fingerprint density at radius 3 is 2.40 bits per heavy atom. The van der Waals surface area contributed by atoms with Crippen molar-refractivity contribution in [2.75, 3.05) is 6.54 Å². The predicted molar refractivity (Wildman–Crippen MR) is 90.1 cm³/mol. The van der Waals surface area contributed by atoms with Crippen LogP contribution < -0.4 is 10.5 Å². The lowest BCUT2D eigenvalue weighted by atomic mass is 10.0. The van der Waals surface area contributed by atoms with Crippen LogP contribution in [-0.2, 0) is 6.61 Å². The summed E-state index contributed by atoms with van der Waals surface area (Å²) in [6.45, 7) is 3.35. The summed E-state index contributed by atoms with van der Waals surface area (Å²) in [7, 11) is 0. The molecule has 1 unspecified atom stereocenters. The molecule has 2 nitrogen and oxygen atoms in total. The van der Waals surface area contributed by atoms with E-state index in [4.69, 9.17) is 10.5 Å². The fourth-order valence-corrected chi connectivity index (χ4v) is 2.99. The van der Waals surface area contributed by atoms with Crippen LogP contribution in [0, 0.1) is 0 Å². The first kappa shape index (κ1) is 15.5. The molecule has 0 aliphatic carbocycles. The second-order valence-corrected chi connectivity index (χ2v) is 6.51. The van der Waals surface area contributed by atoms with E-state index < -0.39 is 0 Å². The molecule has 0 saturated carbocycles. The third kappa shape index (κ3) is 4.08. The first-order valence-electron chi connectivity index (χ1n) is 6.47. The van der Waals surface area contributed by atoms with Crippen LogP contribution in [0.1, 0.15) is 24.0 Å². The lowest BCUT2D eigenvalue weighted by Gasteiger charge is -2.11. The number of ether oxygens (including phenoxy) is 1. The van der Waals surface area contributed by atoms with E-state index >= 15 is 0 Å². The molecule has 0 amide bonds. The third-order valence-electron chi connectivity index (χ3n) is 3.19. The van der Waals surface area contributed by atoms with Crippen molar-refractivity contribution in [2.24, 2.45) is 5.73 Å². The molecule has 4 heteroatoms. The van der Waals surface area contributed by atoms with Crippen molar-refractivity contribution in [2.45, 2.75) is 19.4 Å². The van der Waals surface area contributed by atoms with E-state index in [2.05, 4.69) is 63.0 Å². The van der Waals surface area contributed by atoms with Gasteiger partial charge in [-0.25, -0.2) is 0 Å². The highest BCUT2D eigenvalue weighted by Crippen LogP contribution is 2.28. The van der Waals surface area contributed by atoms with Gasteiger partial charge >= 0.3 is 0 Å². The number of hydrogen-bond acceptors (Lipinski definition) is 2. The second-order valence-electron chi connectivity index (χ2n) is 4.74. The van der Waals surface area contributed by atoms with Crippen LogP contribution in [0.2, 0.25) is 0 Å². The van der Waals surface area contributed by atoms with E-state index in [0.29, 0.717) is 19.1 Å². The van der Waals surface area contributed by atoms with Crippen molar-refractivity contribution in [1.82, 2.24) is 0 Å². The Morgan fingerprint density at radius 2 is 1.80 bits per heavy atom. The molecule has 0 saturated heterocycles. The highest BCUT2D eigenvalue weighted by molar-refractivity contribution is 9.11. The minimum absolute atomic E-state index is 0.394. The molecule has 0 spiro atoms. The lowest BCUT2D eigenvalue weighted by molar-refractivity contribution is 0.304. The fourth-order valence-electron chi connectivity index (χ4n) is 1.83. The Labute approximate surface area is 136 Å². The molecule has 2 N–H and O–H groups in total. The van der Waals surface area contributed by atoms with E-state index in [1.54, 1.807) is 0 Å². The molecule has 106 valence electrons. The number of rotatable bonds is 5. The third-order valence-corrected chi connectivity index (χ3v) is 4.30. The highest BCUT2D eigenvalue weighted by Gasteiger charge is 2.04. The van der Waals surface area contributed by atoms with E-state index in [0.717, 1.165) is 20.3 Å². The van der Waals surface area contributed by atoms with Crippen LogP contribution >= 0.6 is 31.9 Å². The van der Waals surface area contributed by atoms with Gasteiger partial charge in [0.15, 0.2) is 0 Å². The molecule has 0 radical (unpaired) electrons. The zero-order valence-electron chi connectivity index (χ0n) is 11.3. The maximum Gasteiger partial charge on any atom is 0.134 e. The standard InChI is InChI=1S/C16H17Br2NO/c1-11(9-19)13-4-2-12(3-5-13)10-20-16-7-6-14(17)8-15(16)18/h2-8,11H,9-10,19H2,1H3. The Balaban J connectivity index is 2.00. The minimum atomic E-state index is 0.394. The number of hydrogen-bond donors (Lipinski definition) is 1. The quantitative estimate of drug-likeness (QED) is 0.780. The van der Waals surface area contributed by atoms with Gasteiger partial charge in [-0.1, -0.05) is 47.1 Å². The maximum absolute atomic E-state index is 5.81. The molecular weight excluding hydrogens is 382 g/mol. The second kappa shape index (κ2) is 7.25. The van der Waals surface area contributed by atoms with Gasteiger partial charge in [0, 0.05) is 4.47 Å². The fraction of sp³-hybridized carbons (Fsp3) is 0.250. The van der Waals surface area contributed by atoms with Crippen LogP contribution in [0.3, 0.4) is 0 Å². The van der Waals surface area contributed by atoms with E-state index in [1.165, 1.54) is 5.56 Å². The minimum Gasteiger partial charge on any atom is -0.488 e. The summed E-state index contributed by atoms with van der Waals surface area (Å²) in [5.41, 5.74) is 8.08. The van der Waals surface area contributed by atoms with Crippen molar-refractivity contribution in [3.63, 3.8) is 0 Å². The van der Waals surface area contributed by atoms with Crippen molar-refractivity contribution in [1.29, 1.82) is 0 Å². The van der Waals surface area contributed by atoms with Gasteiger partial charge in [-0.2, -0.15) is 0 Å². The molecule has 1 atom stereocenters. The van der Waals surface area contributed by atoms with Crippen LogP contribution in [0.5, 0.6) is 5.75 Å². The summed E-state index contributed by atoms with van der Waals surface area (Å²) in [5.74, 6) is 1.23. The normalized spacial score (nSPS) is 12.2. The molecular formula is C16H17Br2NO. The molecule has 0 fully saturated rings. The maximum atomic E-state index is 5.81. The zero-order valence-corrected chi connectivity index (χ0v) is 14.4. The van der Waals surface area contributed by atoms with Gasteiger partial charge in [-0.05, 0) is 57.7 Å². The lowest BCUT2D eigenvalue weighted by Crippen LogP contribution is -2.08. The van der Waals surface area contributed by atoms with Crippen molar-refractivity contribution < 1.29 is 4.74 Å². The molecule has 20 heavy (non-hydrogen) atoms. The van der Waals surface area contributed by atoms with Gasteiger partial charge in [0.1, 0.15) is 12.4 Å². The molecule has 0 aromatic heterocycles. The molecule has 2 aromatic carbocycles. The largest absolute Gasteiger partial charge is 0.488 e. The monoisotopic (exact) mass is 397 g/mol. The van der Waals surface area contributed by atoms with Gasteiger partial charge in [0.05, 0.1) is 4.47 Å². The van der Waals surface area contributed by atoms with Gasteiger partial charge in [-0.15, -0.1) is 0 Å². The Hall–Kier alpha value is -0.840. The van der Waals surface area contributed by atoms with Gasteiger partial charge in [0.2, 0.25) is 0 Å². The average molecular weight is 399 g/mol. The Kier molecular flexibility index (Phi) is 5.64. The number of halogens is 2. The first-order chi connectivity index (χ1) is 9.60. The van der Waals surface area contributed by atoms with Crippen LogP contribution in [0.15, 0.2) is 51.4 Å². The van der Waals surface area contributed by atoms with Gasteiger partial charge < -0.3 is 10.5 Å². The number of benzene rings is 2. The highest BCUT2D eigenvalue weighted by atomic mass is 79.9. The summed E-state index contributed by atoms with van der Waals surface area (Å²) in [6, 6.07) is 14.3. The summed E-state index contributed by atoms with van der Waals surface area (Å²) in [6.07, 6.45) is 0. The predicted octanol–water partition coefficient (Wildman–Crippen LogP) is 4.85. The molecule has 0 heterocycles. The van der Waals surface area contributed by atoms with E-state index in [9.17, 15) is 0 Å². The van der Waals surface area contributed by atoms with Crippen LogP contribution in [-0.4, -0.2) is 6.54 Å². The Bertz CT molecular complexity index is 569. The van der Waals surface area contributed by atoms with Crippen molar-refractivity contribution in [3.05, 3.63) is 62.5 Å². The van der Waals surface area contributed by atoms with Gasteiger partial charge in [-0.3, -0.25) is 0 Å². The Morgan fingerprint density at radius 1 is 1.10 bits per heavy atom. The number of nitrogens with two attached hydrogens (primary N) is 1. The topological polar surface area (TPSA) is 35.2 Å². The zero-order chi connectivity index (χ0) is 14.5. The summed E-state index contributed by atoms with van der Waals surface area (Å²) >= 11 is 6.92. The molecule has 0 aliphatic heterocycles. The smallest absolute Gasteiger partial charge is 0.134 e. The van der Waals surface area contributed by atoms with E-state index in [1.807, 2.05) is 18.2 Å². The summed E-state index contributed by atoms with van der Waals surface area (Å²) in [5, 5.41) is 0. The van der Waals surface area contributed by atoms with Gasteiger partial charge in [0.25, 0.3) is 0 Å². The summed E-state index contributed by atoms with van der Waals surface area (Å²) < 4.78 is 7.78. The summed E-state index contributed by atoms with van der Waals surface area (Å²) in [4.78, 5) is 0. The van der Waals surface area contributed by atoms with Crippen LogP contribution in [0.4, 0.5) is 0 Å². The van der Waals surface area contributed by atoms with Crippen molar-refractivity contribution in [3.8, 4) is 5.75 Å². The molecule has 0 bridgehead atoms. The van der Waals surface area contributed by atoms with E-state index in [-0.39, 0.29) is 0 Å². The average Bonchev–Trinajstić information content (AvgIpc) is 2.46. The van der Waals surface area contributed by atoms with Crippen LogP contribution in [0.25, 0.3) is 0 Å². The SMILES string of the molecule is CC(CN)c1ccc(COc2ccc(Br)cc2Br)cc1. The molecule has 2 rings (SSSR count). The van der Waals surface area contributed by atoms with Crippen molar-refractivity contribution >= 4 is 31.9 Å². The first-order valence-corrected chi connectivity index (χ1v) is 8.05. The molecule has 0 aliphatic rings. The molecule has 2 aromatic rings.